The van der Waals surface area contributed by atoms with Gasteiger partial charge in [0.25, 0.3) is 0 Å². The molecule has 0 fully saturated rings. The van der Waals surface area contributed by atoms with E-state index in [0.717, 1.165) is 0 Å². The predicted octanol–water partition coefficient (Wildman–Crippen LogP) is -0.623. The molecule has 0 aliphatic heterocycles. The zero-order valence-corrected chi connectivity index (χ0v) is 7.10. The van der Waals surface area contributed by atoms with Crippen LogP contribution < -0.4 is 0 Å². The molecule has 32 valence electrons. The van der Waals surface area contributed by atoms with E-state index >= 15 is 0 Å². The Hall–Kier alpha value is 1.42. The average Bonchev–Trinajstić information content (AvgIpc) is 0.918. The van der Waals surface area contributed by atoms with Gasteiger partial charge < -0.3 is 0 Å². The molecular formula is CoMnO2Sn. The van der Waals surface area contributed by atoms with Crippen LogP contribution in [0.15, 0.2) is 0 Å². The van der Waals surface area contributed by atoms with E-state index in [1.807, 2.05) is 0 Å². The Kier molecular flexibility index (Phi) is 58.2. The van der Waals surface area contributed by atoms with Crippen molar-refractivity contribution in [1.29, 1.82) is 0 Å². The monoisotopic (exact) mass is 266 g/mol. The van der Waals surface area contributed by atoms with Gasteiger partial charge in [-0.1, -0.05) is 0 Å². The van der Waals surface area contributed by atoms with Gasteiger partial charge in [-0.25, -0.2) is 0 Å². The molecule has 2 radical (unpaired) electrons. The van der Waals surface area contributed by atoms with Gasteiger partial charge in [-0.05, 0) is 0 Å². The van der Waals surface area contributed by atoms with Crippen molar-refractivity contribution in [2.75, 3.05) is 0 Å². The van der Waals surface area contributed by atoms with E-state index in [2.05, 4.69) is 0 Å². The summed E-state index contributed by atoms with van der Waals surface area (Å²) in [6.45, 7) is 0. The third-order valence-corrected chi connectivity index (χ3v) is 0. The molecule has 0 N–H and O–H groups in total. The number of rotatable bonds is 0. The molecule has 0 aliphatic carbocycles. The molecule has 0 spiro atoms. The van der Waals surface area contributed by atoms with Crippen LogP contribution in [-0.4, -0.2) is 21.1 Å². The fourth-order valence-corrected chi connectivity index (χ4v) is 0. The molecule has 0 aromatic heterocycles. The number of hydrogen-bond donors (Lipinski definition) is 0. The SMILES string of the molecule is [Co].[Mn].[O]=[Sn]=[O]. The van der Waals surface area contributed by atoms with Crippen LogP contribution in [0.3, 0.4) is 0 Å². The standard InChI is InChI=1S/Co.Mn.2O.Sn. The molecule has 5 heteroatoms. The minimum absolute atomic E-state index is 0. The van der Waals surface area contributed by atoms with Gasteiger partial charge in [-0.3, -0.25) is 0 Å². The van der Waals surface area contributed by atoms with Crippen LogP contribution in [0.2, 0.25) is 0 Å². The molecule has 0 heterocycles. The molecule has 5 heavy (non-hydrogen) atoms. The second-order valence-corrected chi connectivity index (χ2v) is 0.559. The molecular weight excluding hydrogens is 265 g/mol. The average molecular weight is 265 g/mol. The Morgan fingerprint density at radius 1 is 1.20 bits per heavy atom. The molecule has 0 unspecified atom stereocenters. The van der Waals surface area contributed by atoms with Gasteiger partial charge in [0.15, 0.2) is 0 Å². The maximum atomic E-state index is 8.54. The Labute approximate surface area is 60.7 Å². The van der Waals surface area contributed by atoms with E-state index in [1.165, 1.54) is 0 Å². The summed E-state index contributed by atoms with van der Waals surface area (Å²) in [5.74, 6) is 0. The van der Waals surface area contributed by atoms with Crippen LogP contribution in [0.5, 0.6) is 0 Å². The van der Waals surface area contributed by atoms with Crippen molar-refractivity contribution in [3.05, 3.63) is 0 Å². The molecule has 0 saturated heterocycles. The fourth-order valence-electron chi connectivity index (χ4n) is 0. The van der Waals surface area contributed by atoms with E-state index in [9.17, 15) is 0 Å². The molecule has 0 saturated carbocycles. The third kappa shape index (κ3) is 31.3. The van der Waals surface area contributed by atoms with Crippen molar-refractivity contribution in [2.24, 2.45) is 0 Å². The Balaban J connectivity index is -0.0000000200. The summed E-state index contributed by atoms with van der Waals surface area (Å²) in [6, 6.07) is 0. The predicted molar refractivity (Wildman–Crippen MR) is 7.13 cm³/mol. The fraction of sp³-hybridized carbons (Fsp3) is 0. The van der Waals surface area contributed by atoms with Gasteiger partial charge in [0.2, 0.25) is 0 Å². The van der Waals surface area contributed by atoms with Gasteiger partial charge in [-0.15, -0.1) is 0 Å². The van der Waals surface area contributed by atoms with Crippen LogP contribution >= 0.6 is 0 Å². The van der Waals surface area contributed by atoms with E-state index in [0.29, 0.717) is 0 Å². The first-order chi connectivity index (χ1) is 1.41. The summed E-state index contributed by atoms with van der Waals surface area (Å²) in [6.07, 6.45) is 0. The Morgan fingerprint density at radius 3 is 1.20 bits per heavy atom. The van der Waals surface area contributed by atoms with Crippen LogP contribution in [0, 0.1) is 0 Å². The summed E-state index contributed by atoms with van der Waals surface area (Å²) < 4.78 is 17.1. The van der Waals surface area contributed by atoms with Gasteiger partial charge >= 0.3 is 27.3 Å². The molecule has 0 atom stereocenters. The van der Waals surface area contributed by atoms with E-state index in [4.69, 9.17) is 6.15 Å². The van der Waals surface area contributed by atoms with Crippen molar-refractivity contribution in [2.45, 2.75) is 0 Å². The van der Waals surface area contributed by atoms with Crippen molar-refractivity contribution >= 4 is 21.1 Å². The van der Waals surface area contributed by atoms with E-state index in [-0.39, 0.29) is 33.8 Å². The van der Waals surface area contributed by atoms with Gasteiger partial charge in [0.1, 0.15) is 0 Å². The summed E-state index contributed by atoms with van der Waals surface area (Å²) in [4.78, 5) is 0. The normalized spacial score (nSPS) is 1.60. The Bertz CT molecular complexity index is 30.6. The topological polar surface area (TPSA) is 34.1 Å². The minimum atomic E-state index is -2.27. The van der Waals surface area contributed by atoms with Gasteiger partial charge in [0.05, 0.1) is 0 Å². The zero-order valence-electron chi connectivity index (χ0n) is 2.03. The van der Waals surface area contributed by atoms with Crippen LogP contribution in [0.4, 0.5) is 0 Å². The van der Waals surface area contributed by atoms with Crippen LogP contribution in [0.25, 0.3) is 0 Å². The first kappa shape index (κ1) is 16.1. The molecule has 0 bridgehead atoms. The molecule has 0 aliphatic rings. The molecule has 0 amide bonds. The molecule has 0 aromatic rings. The molecule has 2 nitrogen and oxygen atoms in total. The van der Waals surface area contributed by atoms with Gasteiger partial charge in [-0.2, -0.15) is 0 Å². The summed E-state index contributed by atoms with van der Waals surface area (Å²) in [5.41, 5.74) is 0. The van der Waals surface area contributed by atoms with Crippen LogP contribution in [-0.2, 0) is 40.0 Å². The second kappa shape index (κ2) is 18.1. The summed E-state index contributed by atoms with van der Waals surface area (Å²) in [7, 11) is 0. The van der Waals surface area contributed by atoms with Gasteiger partial charge in [0, 0.05) is 33.8 Å². The maximum absolute atomic E-state index is 8.54. The van der Waals surface area contributed by atoms with Crippen LogP contribution in [0.1, 0.15) is 0 Å². The number of hydrogen-bond acceptors (Lipinski definition) is 2. The van der Waals surface area contributed by atoms with Crippen molar-refractivity contribution in [1.82, 2.24) is 0 Å². The molecule has 0 rings (SSSR count). The first-order valence-electron chi connectivity index (χ1n) is 0.408. The van der Waals surface area contributed by atoms with Crippen molar-refractivity contribution < 1.29 is 40.0 Å². The quantitative estimate of drug-likeness (QED) is 0.547. The summed E-state index contributed by atoms with van der Waals surface area (Å²) in [5, 5.41) is 0. The summed E-state index contributed by atoms with van der Waals surface area (Å²) >= 11 is -2.27. The van der Waals surface area contributed by atoms with E-state index in [1.54, 1.807) is 0 Å². The Morgan fingerprint density at radius 2 is 1.20 bits per heavy atom. The molecule has 0 aromatic carbocycles. The second-order valence-electron chi connectivity index (χ2n) is 0.0833. The van der Waals surface area contributed by atoms with E-state index < -0.39 is 21.1 Å². The zero-order chi connectivity index (χ0) is 2.71. The third-order valence-electron chi connectivity index (χ3n) is 0. The first-order valence-corrected chi connectivity index (χ1v) is 2.74. The van der Waals surface area contributed by atoms with Crippen molar-refractivity contribution in [3.8, 4) is 0 Å². The van der Waals surface area contributed by atoms with Crippen molar-refractivity contribution in [3.63, 3.8) is 0 Å².